The zero-order valence-corrected chi connectivity index (χ0v) is 10.5. The van der Waals surface area contributed by atoms with Gasteiger partial charge in [0.25, 0.3) is 5.91 Å². The molecule has 6 nitrogen and oxygen atoms in total. The minimum atomic E-state index is -0.833. The van der Waals surface area contributed by atoms with Gasteiger partial charge in [0.15, 0.2) is 5.57 Å². The molecule has 1 rings (SSSR count). The van der Waals surface area contributed by atoms with Gasteiger partial charge in [0.05, 0.1) is 0 Å². The molecule has 1 heterocycles. The summed E-state index contributed by atoms with van der Waals surface area (Å²) in [4.78, 5) is 24.1. The molecule has 0 spiro atoms. The number of hydrogen-bond acceptors (Lipinski definition) is 5. The number of carbonyl (C=O) groups excluding carboxylic acids is 2. The van der Waals surface area contributed by atoms with E-state index in [0.29, 0.717) is 6.42 Å². The van der Waals surface area contributed by atoms with Crippen LogP contribution in [0.4, 0.5) is 0 Å². The summed E-state index contributed by atoms with van der Waals surface area (Å²) in [7, 11) is 1.52. The summed E-state index contributed by atoms with van der Waals surface area (Å²) in [6.45, 7) is 0. The third-order valence-electron chi connectivity index (χ3n) is 2.48. The van der Waals surface area contributed by atoms with Crippen molar-refractivity contribution < 1.29 is 9.59 Å². The number of rotatable bonds is 4. The van der Waals surface area contributed by atoms with Gasteiger partial charge in [0.1, 0.15) is 17.9 Å². The maximum atomic E-state index is 11.8. The van der Waals surface area contributed by atoms with Gasteiger partial charge in [0.2, 0.25) is 5.91 Å². The van der Waals surface area contributed by atoms with Crippen LogP contribution in [-0.4, -0.2) is 41.8 Å². The highest BCUT2D eigenvalue weighted by atomic mass is 32.2. The van der Waals surface area contributed by atoms with Crippen LogP contribution in [-0.2, 0) is 9.59 Å². The van der Waals surface area contributed by atoms with Crippen LogP contribution in [0, 0.1) is 11.3 Å². The van der Waals surface area contributed by atoms with Crippen LogP contribution < -0.4 is 11.1 Å². The van der Waals surface area contributed by atoms with E-state index in [9.17, 15) is 9.59 Å². The number of hydrogen-bond donors (Lipinski definition) is 2. The number of nitrogens with one attached hydrogen (secondary N) is 1. The minimum absolute atomic E-state index is 0.150. The van der Waals surface area contributed by atoms with Crippen LogP contribution >= 0.6 is 11.8 Å². The number of nitriles is 1. The molecule has 2 amide bonds. The fourth-order valence-corrected chi connectivity index (χ4v) is 2.03. The molecule has 7 heteroatoms. The highest BCUT2D eigenvalue weighted by molar-refractivity contribution is 7.98. The number of primary amides is 1. The summed E-state index contributed by atoms with van der Waals surface area (Å²) in [6, 6.07) is 1.33. The quantitative estimate of drug-likeness (QED) is 0.515. The van der Waals surface area contributed by atoms with E-state index in [1.165, 1.54) is 11.9 Å². The molecule has 0 bridgehead atoms. The van der Waals surface area contributed by atoms with Gasteiger partial charge in [-0.05, 0) is 18.4 Å². The number of likely N-dealkylation sites (N-methyl/N-ethyl adjacent to an activating group) is 1. The normalized spacial score (nSPS) is 22.1. The Morgan fingerprint density at radius 3 is 2.82 bits per heavy atom. The minimum Gasteiger partial charge on any atom is -0.365 e. The first-order chi connectivity index (χ1) is 8.02. The molecule has 0 aromatic rings. The number of nitrogens with zero attached hydrogens (tertiary/aromatic N) is 2. The van der Waals surface area contributed by atoms with Gasteiger partial charge in [-0.3, -0.25) is 14.5 Å². The van der Waals surface area contributed by atoms with Gasteiger partial charge in [0, 0.05) is 7.05 Å². The maximum Gasteiger partial charge on any atom is 0.263 e. The molecule has 0 aliphatic carbocycles. The van der Waals surface area contributed by atoms with E-state index < -0.39 is 5.91 Å². The molecule has 0 saturated carbocycles. The third kappa shape index (κ3) is 2.71. The lowest BCUT2D eigenvalue weighted by atomic mass is 10.2. The van der Waals surface area contributed by atoms with Crippen molar-refractivity contribution in [3.63, 3.8) is 0 Å². The van der Waals surface area contributed by atoms with Crippen molar-refractivity contribution in [3.05, 3.63) is 11.4 Å². The zero-order valence-electron chi connectivity index (χ0n) is 9.69. The van der Waals surface area contributed by atoms with Crippen molar-refractivity contribution in [1.29, 1.82) is 5.26 Å². The van der Waals surface area contributed by atoms with Crippen molar-refractivity contribution in [2.45, 2.75) is 12.5 Å². The molecule has 1 saturated heterocycles. The lowest BCUT2D eigenvalue weighted by Crippen LogP contribution is -2.29. The van der Waals surface area contributed by atoms with Crippen LogP contribution in [0.5, 0.6) is 0 Å². The molecular weight excluding hydrogens is 240 g/mol. The van der Waals surface area contributed by atoms with Crippen molar-refractivity contribution in [3.8, 4) is 6.07 Å². The van der Waals surface area contributed by atoms with Gasteiger partial charge < -0.3 is 11.1 Å². The van der Waals surface area contributed by atoms with E-state index in [1.54, 1.807) is 17.8 Å². The number of thioether (sulfide) groups is 1. The van der Waals surface area contributed by atoms with Gasteiger partial charge >= 0.3 is 0 Å². The van der Waals surface area contributed by atoms with Gasteiger partial charge in [-0.25, -0.2) is 0 Å². The summed E-state index contributed by atoms with van der Waals surface area (Å²) in [5, 5.41) is 11.7. The van der Waals surface area contributed by atoms with Crippen LogP contribution in [0.15, 0.2) is 11.4 Å². The fraction of sp³-hybridized carbons (Fsp3) is 0.500. The molecule has 1 aliphatic rings. The Morgan fingerprint density at radius 1 is 1.71 bits per heavy atom. The standard InChI is InChI=1S/C10H14N4O2S/c1-14-9(6(5-11)8(12)15)13-7(10(14)16)3-4-17-2/h7,13H,3-4H2,1-2H3,(H2,12,15)/b9-6-. The number of amides is 2. The van der Waals surface area contributed by atoms with E-state index in [4.69, 9.17) is 11.0 Å². The average Bonchev–Trinajstić information content (AvgIpc) is 2.55. The average molecular weight is 254 g/mol. The van der Waals surface area contributed by atoms with Gasteiger partial charge in [-0.15, -0.1) is 0 Å². The molecule has 92 valence electrons. The number of nitrogens with two attached hydrogens (primary N) is 1. The van der Waals surface area contributed by atoms with E-state index >= 15 is 0 Å². The smallest absolute Gasteiger partial charge is 0.263 e. The van der Waals surface area contributed by atoms with E-state index in [-0.39, 0.29) is 23.3 Å². The first kappa shape index (κ1) is 13.4. The van der Waals surface area contributed by atoms with Crippen molar-refractivity contribution >= 4 is 23.6 Å². The molecule has 0 radical (unpaired) electrons. The molecule has 1 atom stereocenters. The highest BCUT2D eigenvalue weighted by Gasteiger charge is 2.35. The van der Waals surface area contributed by atoms with Crippen molar-refractivity contribution in [2.75, 3.05) is 19.1 Å². The van der Waals surface area contributed by atoms with Crippen molar-refractivity contribution in [2.24, 2.45) is 5.73 Å². The fourth-order valence-electron chi connectivity index (χ4n) is 1.56. The maximum absolute atomic E-state index is 11.8. The number of carbonyl (C=O) groups is 2. The Bertz CT molecular complexity index is 413. The Labute approximate surface area is 104 Å². The lowest BCUT2D eigenvalue weighted by Gasteiger charge is -2.09. The van der Waals surface area contributed by atoms with Crippen molar-refractivity contribution in [1.82, 2.24) is 10.2 Å². The van der Waals surface area contributed by atoms with E-state index in [1.807, 2.05) is 6.26 Å². The second-order valence-corrected chi connectivity index (χ2v) is 4.56. The summed E-state index contributed by atoms with van der Waals surface area (Å²) in [5.41, 5.74) is 4.86. The first-order valence-electron chi connectivity index (χ1n) is 5.00. The third-order valence-corrected chi connectivity index (χ3v) is 3.12. The lowest BCUT2D eigenvalue weighted by molar-refractivity contribution is -0.127. The van der Waals surface area contributed by atoms with E-state index in [0.717, 1.165) is 5.75 Å². The Hall–Kier alpha value is -1.68. The molecule has 0 aromatic carbocycles. The second-order valence-electron chi connectivity index (χ2n) is 3.58. The Balaban J connectivity index is 2.96. The Morgan fingerprint density at radius 2 is 2.35 bits per heavy atom. The van der Waals surface area contributed by atoms with Crippen LogP contribution in [0.3, 0.4) is 0 Å². The summed E-state index contributed by atoms with van der Waals surface area (Å²) in [6.07, 6.45) is 2.59. The molecule has 1 fully saturated rings. The van der Waals surface area contributed by atoms with Crippen LogP contribution in [0.25, 0.3) is 0 Å². The summed E-state index contributed by atoms with van der Waals surface area (Å²) in [5.74, 6) is 0.0440. The Kier molecular flexibility index (Phi) is 4.40. The molecule has 1 aliphatic heterocycles. The molecule has 1 unspecified atom stereocenters. The highest BCUT2D eigenvalue weighted by Crippen LogP contribution is 2.18. The summed E-state index contributed by atoms with van der Waals surface area (Å²) >= 11 is 1.63. The van der Waals surface area contributed by atoms with Crippen LogP contribution in [0.2, 0.25) is 0 Å². The van der Waals surface area contributed by atoms with Gasteiger partial charge in [-0.2, -0.15) is 17.0 Å². The largest absolute Gasteiger partial charge is 0.365 e. The molecule has 3 N–H and O–H groups in total. The topological polar surface area (TPSA) is 99.2 Å². The predicted octanol–water partition coefficient (Wildman–Crippen LogP) is -0.610. The van der Waals surface area contributed by atoms with Crippen LogP contribution in [0.1, 0.15) is 6.42 Å². The predicted molar refractivity (Wildman–Crippen MR) is 64.5 cm³/mol. The SMILES string of the molecule is CSCCC1N/C(=C(\C#N)C(N)=O)N(C)C1=O. The molecular formula is C10H14N4O2S. The first-order valence-corrected chi connectivity index (χ1v) is 6.39. The van der Waals surface area contributed by atoms with E-state index in [2.05, 4.69) is 5.32 Å². The monoisotopic (exact) mass is 254 g/mol. The molecule has 0 aromatic heterocycles. The summed E-state index contributed by atoms with van der Waals surface area (Å²) < 4.78 is 0. The zero-order chi connectivity index (χ0) is 13.0. The molecule has 17 heavy (non-hydrogen) atoms. The van der Waals surface area contributed by atoms with Gasteiger partial charge in [-0.1, -0.05) is 0 Å². The second kappa shape index (κ2) is 5.59.